The summed E-state index contributed by atoms with van der Waals surface area (Å²) < 4.78 is 11.6. The molecule has 3 aromatic rings. The van der Waals surface area contributed by atoms with Crippen molar-refractivity contribution in [1.82, 2.24) is 10.3 Å². The van der Waals surface area contributed by atoms with Crippen LogP contribution in [0.25, 0.3) is 10.6 Å². The molecule has 2 unspecified atom stereocenters. The number of hydrogen-bond acceptors (Lipinski definition) is 5. The Morgan fingerprint density at radius 2 is 1.82 bits per heavy atom. The Balaban J connectivity index is 1.32. The van der Waals surface area contributed by atoms with E-state index in [1.807, 2.05) is 36.6 Å². The van der Waals surface area contributed by atoms with Crippen LogP contribution in [0, 0.1) is 6.92 Å². The predicted octanol–water partition coefficient (Wildman–Crippen LogP) is 4.01. The number of aromatic nitrogens is 1. The second-order valence-corrected chi connectivity index (χ2v) is 7.72. The Morgan fingerprint density at radius 1 is 1.11 bits per heavy atom. The number of thiazole rings is 1. The van der Waals surface area contributed by atoms with Gasteiger partial charge in [-0.3, -0.25) is 4.79 Å². The fourth-order valence-electron chi connectivity index (χ4n) is 3.07. The van der Waals surface area contributed by atoms with E-state index in [2.05, 4.69) is 41.5 Å². The maximum atomic E-state index is 12.5. The molecule has 6 heteroatoms. The maximum absolute atomic E-state index is 12.5. The van der Waals surface area contributed by atoms with Gasteiger partial charge < -0.3 is 14.8 Å². The topological polar surface area (TPSA) is 60.5 Å². The lowest BCUT2D eigenvalue weighted by molar-refractivity contribution is -0.133. The number of fused-ring (bicyclic) bond motifs is 1. The summed E-state index contributed by atoms with van der Waals surface area (Å²) >= 11 is 1.62. The maximum Gasteiger partial charge on any atom is 0.265 e. The summed E-state index contributed by atoms with van der Waals surface area (Å²) in [5.74, 6) is 1.10. The summed E-state index contributed by atoms with van der Waals surface area (Å²) in [4.78, 5) is 17.2. The number of para-hydroxylation sites is 2. The van der Waals surface area contributed by atoms with Crippen LogP contribution in [0.4, 0.5) is 0 Å². The number of aryl methyl sites for hydroxylation is 1. The normalized spacial score (nSPS) is 17.9. The Bertz CT molecular complexity index is 968. The standard InChI is InChI=1S/C22H22N2O3S/c1-14-7-9-16(10-8-14)22-24-17(13-28-22)11-12-23-21(25)20-15(2)26-18-5-3-4-6-19(18)27-20/h3-10,13,15,20H,11-12H2,1-2H3,(H,23,25). The first-order chi connectivity index (χ1) is 13.6. The zero-order chi connectivity index (χ0) is 19.5. The molecule has 1 aromatic heterocycles. The first kappa shape index (κ1) is 18.5. The number of nitrogens with one attached hydrogen (secondary N) is 1. The zero-order valence-electron chi connectivity index (χ0n) is 15.8. The minimum absolute atomic E-state index is 0.170. The molecule has 0 radical (unpaired) electrons. The van der Waals surface area contributed by atoms with Crippen molar-refractivity contribution >= 4 is 17.2 Å². The molecule has 1 aliphatic rings. The van der Waals surface area contributed by atoms with E-state index in [1.165, 1.54) is 5.56 Å². The molecule has 5 nitrogen and oxygen atoms in total. The van der Waals surface area contributed by atoms with Crippen molar-refractivity contribution in [3.05, 3.63) is 65.2 Å². The van der Waals surface area contributed by atoms with Gasteiger partial charge in [-0.05, 0) is 26.0 Å². The molecule has 0 aliphatic carbocycles. The van der Waals surface area contributed by atoms with Crippen LogP contribution < -0.4 is 14.8 Å². The Labute approximate surface area is 168 Å². The minimum Gasteiger partial charge on any atom is -0.482 e. The SMILES string of the molecule is Cc1ccc(-c2nc(CCNC(=O)C3Oc4ccccc4OC3C)cs2)cc1. The summed E-state index contributed by atoms with van der Waals surface area (Å²) in [7, 11) is 0. The van der Waals surface area contributed by atoms with E-state index in [0.29, 0.717) is 24.5 Å². The van der Waals surface area contributed by atoms with Crippen LogP contribution in [0.1, 0.15) is 18.2 Å². The monoisotopic (exact) mass is 394 g/mol. The van der Waals surface area contributed by atoms with Crippen LogP contribution in [0.5, 0.6) is 11.5 Å². The van der Waals surface area contributed by atoms with Gasteiger partial charge in [-0.1, -0.05) is 42.0 Å². The first-order valence-electron chi connectivity index (χ1n) is 9.31. The van der Waals surface area contributed by atoms with Gasteiger partial charge in [0.05, 0.1) is 5.69 Å². The molecule has 4 rings (SSSR count). The third kappa shape index (κ3) is 4.02. The van der Waals surface area contributed by atoms with E-state index >= 15 is 0 Å². The molecule has 0 spiro atoms. The molecule has 2 atom stereocenters. The summed E-state index contributed by atoms with van der Waals surface area (Å²) in [6.07, 6.45) is -0.331. The van der Waals surface area contributed by atoms with Gasteiger partial charge in [-0.15, -0.1) is 11.3 Å². The molecule has 0 bridgehead atoms. The molecule has 28 heavy (non-hydrogen) atoms. The molecular formula is C22H22N2O3S. The van der Waals surface area contributed by atoms with E-state index in [1.54, 1.807) is 11.3 Å². The molecule has 0 saturated carbocycles. The molecule has 1 N–H and O–H groups in total. The van der Waals surface area contributed by atoms with Gasteiger partial charge in [-0.2, -0.15) is 0 Å². The van der Waals surface area contributed by atoms with Crippen molar-refractivity contribution in [2.24, 2.45) is 0 Å². The van der Waals surface area contributed by atoms with Crippen LogP contribution in [-0.2, 0) is 11.2 Å². The Morgan fingerprint density at radius 3 is 2.57 bits per heavy atom. The summed E-state index contributed by atoms with van der Waals surface area (Å²) in [6.45, 7) is 4.42. The van der Waals surface area contributed by atoms with Crippen LogP contribution >= 0.6 is 11.3 Å². The van der Waals surface area contributed by atoms with Crippen molar-refractivity contribution in [3.8, 4) is 22.1 Å². The molecular weight excluding hydrogens is 372 g/mol. The van der Waals surface area contributed by atoms with Gasteiger partial charge in [0.25, 0.3) is 5.91 Å². The average molecular weight is 394 g/mol. The van der Waals surface area contributed by atoms with Crippen LogP contribution in [0.15, 0.2) is 53.9 Å². The van der Waals surface area contributed by atoms with Gasteiger partial charge in [-0.25, -0.2) is 4.98 Å². The third-order valence-corrected chi connectivity index (χ3v) is 5.57. The number of carbonyl (C=O) groups excluding carboxylic acids is 1. The minimum atomic E-state index is -0.659. The van der Waals surface area contributed by atoms with E-state index < -0.39 is 6.10 Å². The van der Waals surface area contributed by atoms with E-state index in [-0.39, 0.29) is 12.0 Å². The number of nitrogens with zero attached hydrogens (tertiary/aromatic N) is 1. The van der Waals surface area contributed by atoms with Crippen molar-refractivity contribution in [3.63, 3.8) is 0 Å². The molecule has 0 fully saturated rings. The molecule has 1 amide bonds. The lowest BCUT2D eigenvalue weighted by Crippen LogP contribution is -2.49. The Hall–Kier alpha value is -2.86. The van der Waals surface area contributed by atoms with Gasteiger partial charge in [0, 0.05) is 23.9 Å². The third-order valence-electron chi connectivity index (χ3n) is 4.63. The van der Waals surface area contributed by atoms with Crippen LogP contribution in [0.2, 0.25) is 0 Å². The van der Waals surface area contributed by atoms with Gasteiger partial charge >= 0.3 is 0 Å². The summed E-state index contributed by atoms with van der Waals surface area (Å²) in [5, 5.41) is 5.98. The second-order valence-electron chi connectivity index (χ2n) is 6.86. The van der Waals surface area contributed by atoms with Crippen molar-refractivity contribution in [2.75, 3.05) is 6.54 Å². The number of ether oxygens (including phenoxy) is 2. The van der Waals surface area contributed by atoms with E-state index in [4.69, 9.17) is 9.47 Å². The average Bonchev–Trinajstić information content (AvgIpc) is 3.17. The van der Waals surface area contributed by atoms with E-state index in [9.17, 15) is 4.79 Å². The zero-order valence-corrected chi connectivity index (χ0v) is 16.7. The number of benzene rings is 2. The van der Waals surface area contributed by atoms with Crippen molar-refractivity contribution in [1.29, 1.82) is 0 Å². The highest BCUT2D eigenvalue weighted by Gasteiger charge is 2.33. The van der Waals surface area contributed by atoms with Crippen LogP contribution in [-0.4, -0.2) is 29.6 Å². The number of hydrogen-bond donors (Lipinski definition) is 1. The lowest BCUT2D eigenvalue weighted by atomic mass is 10.1. The quantitative estimate of drug-likeness (QED) is 0.710. The number of carbonyl (C=O) groups is 1. The predicted molar refractivity (Wildman–Crippen MR) is 110 cm³/mol. The lowest BCUT2D eigenvalue weighted by Gasteiger charge is -2.30. The smallest absolute Gasteiger partial charge is 0.265 e. The molecule has 144 valence electrons. The summed E-state index contributed by atoms with van der Waals surface area (Å²) in [6, 6.07) is 15.7. The molecule has 2 aromatic carbocycles. The number of amides is 1. The van der Waals surface area contributed by atoms with Crippen molar-refractivity contribution in [2.45, 2.75) is 32.5 Å². The van der Waals surface area contributed by atoms with E-state index in [0.717, 1.165) is 16.3 Å². The second kappa shape index (κ2) is 8.02. The van der Waals surface area contributed by atoms with Crippen molar-refractivity contribution < 1.29 is 14.3 Å². The Kier molecular flexibility index (Phi) is 5.30. The fraction of sp³-hybridized carbons (Fsp3) is 0.273. The first-order valence-corrected chi connectivity index (χ1v) is 10.2. The summed E-state index contributed by atoms with van der Waals surface area (Å²) in [5.41, 5.74) is 3.32. The fourth-order valence-corrected chi connectivity index (χ4v) is 3.93. The van der Waals surface area contributed by atoms with Gasteiger partial charge in [0.2, 0.25) is 6.10 Å². The highest BCUT2D eigenvalue weighted by Crippen LogP contribution is 2.33. The van der Waals surface area contributed by atoms with Crippen LogP contribution in [0.3, 0.4) is 0 Å². The highest BCUT2D eigenvalue weighted by molar-refractivity contribution is 7.13. The van der Waals surface area contributed by atoms with Gasteiger partial charge in [0.1, 0.15) is 11.1 Å². The highest BCUT2D eigenvalue weighted by atomic mass is 32.1. The molecule has 2 heterocycles. The number of rotatable bonds is 5. The molecule has 0 saturated heterocycles. The molecule has 1 aliphatic heterocycles. The largest absolute Gasteiger partial charge is 0.482 e. The van der Waals surface area contributed by atoms with Gasteiger partial charge in [0.15, 0.2) is 11.5 Å².